The number of methoxy groups -OCH3 is 1. The fourth-order valence-corrected chi connectivity index (χ4v) is 2.58. The van der Waals surface area contributed by atoms with Crippen molar-refractivity contribution in [3.63, 3.8) is 0 Å². The Balaban J connectivity index is 2.33. The van der Waals surface area contributed by atoms with Gasteiger partial charge in [0.25, 0.3) is 0 Å². The number of rotatable bonds is 3. The van der Waals surface area contributed by atoms with Gasteiger partial charge in [0, 0.05) is 16.6 Å². The second-order valence-electron chi connectivity index (χ2n) is 2.83. The molecule has 7 heteroatoms. The van der Waals surface area contributed by atoms with Gasteiger partial charge in [-0.15, -0.1) is 10.2 Å². The minimum atomic E-state index is -0.471. The van der Waals surface area contributed by atoms with Crippen molar-refractivity contribution in [1.29, 1.82) is 0 Å². The van der Waals surface area contributed by atoms with Crippen LogP contribution in [0.3, 0.4) is 0 Å². The number of benzene rings is 1. The van der Waals surface area contributed by atoms with Crippen molar-refractivity contribution < 1.29 is 9.13 Å². The van der Waals surface area contributed by atoms with Crippen LogP contribution in [-0.4, -0.2) is 17.3 Å². The van der Waals surface area contributed by atoms with E-state index >= 15 is 0 Å². The van der Waals surface area contributed by atoms with E-state index in [1.165, 1.54) is 36.3 Å². The van der Waals surface area contributed by atoms with E-state index < -0.39 is 5.82 Å². The third-order valence-electron chi connectivity index (χ3n) is 1.82. The van der Waals surface area contributed by atoms with Gasteiger partial charge in [0.05, 0.1) is 7.11 Å². The number of nitrogen functional groups attached to an aromatic ring is 1. The van der Waals surface area contributed by atoms with Crippen molar-refractivity contribution in [2.45, 2.75) is 9.24 Å². The second-order valence-corrected chi connectivity index (χ2v) is 4.95. The monoisotopic (exact) mass is 257 g/mol. The molecule has 2 N–H and O–H groups in total. The molecule has 0 amide bonds. The zero-order valence-corrected chi connectivity index (χ0v) is 9.94. The molecule has 2 aromatic rings. The number of nitrogens with two attached hydrogens (primary N) is 1. The SMILES string of the molecule is COc1cc(Sc2nncs2)c(N)cc1F. The number of aromatic nitrogens is 2. The molecule has 2 rings (SSSR count). The Bertz CT molecular complexity index is 490. The van der Waals surface area contributed by atoms with Crippen molar-refractivity contribution in [1.82, 2.24) is 10.2 Å². The lowest BCUT2D eigenvalue weighted by atomic mass is 10.3. The largest absolute Gasteiger partial charge is 0.494 e. The minimum Gasteiger partial charge on any atom is -0.494 e. The molecule has 0 fully saturated rings. The molecule has 84 valence electrons. The molecule has 0 unspecified atom stereocenters. The Labute approximate surface area is 99.6 Å². The summed E-state index contributed by atoms with van der Waals surface area (Å²) in [6.45, 7) is 0. The molecule has 0 saturated carbocycles. The zero-order valence-electron chi connectivity index (χ0n) is 8.31. The van der Waals surface area contributed by atoms with Crippen LogP contribution in [0.15, 0.2) is 26.9 Å². The fraction of sp³-hybridized carbons (Fsp3) is 0.111. The normalized spacial score (nSPS) is 10.4. The Morgan fingerprint density at radius 3 is 2.94 bits per heavy atom. The zero-order chi connectivity index (χ0) is 11.5. The van der Waals surface area contributed by atoms with Gasteiger partial charge in [-0.05, 0) is 6.07 Å². The average molecular weight is 257 g/mol. The fourth-order valence-electron chi connectivity index (χ4n) is 1.10. The summed E-state index contributed by atoms with van der Waals surface area (Å²) in [6, 6.07) is 2.79. The number of halogens is 1. The van der Waals surface area contributed by atoms with Crippen molar-refractivity contribution in [3.8, 4) is 5.75 Å². The molecule has 0 radical (unpaired) electrons. The maximum absolute atomic E-state index is 13.3. The molecule has 0 aliphatic rings. The van der Waals surface area contributed by atoms with Crippen LogP contribution < -0.4 is 10.5 Å². The third-order valence-corrected chi connectivity index (χ3v) is 3.67. The van der Waals surface area contributed by atoms with Gasteiger partial charge >= 0.3 is 0 Å². The van der Waals surface area contributed by atoms with Crippen LogP contribution in [0.1, 0.15) is 0 Å². The molecule has 0 aliphatic carbocycles. The lowest BCUT2D eigenvalue weighted by molar-refractivity contribution is 0.385. The van der Waals surface area contributed by atoms with Gasteiger partial charge < -0.3 is 10.5 Å². The molecule has 0 atom stereocenters. The summed E-state index contributed by atoms with van der Waals surface area (Å²) in [5.41, 5.74) is 7.69. The molecule has 0 spiro atoms. The molecular formula is C9H8FN3OS2. The van der Waals surface area contributed by atoms with Crippen molar-refractivity contribution in [2.75, 3.05) is 12.8 Å². The first-order valence-electron chi connectivity index (χ1n) is 4.27. The van der Waals surface area contributed by atoms with Gasteiger partial charge in [-0.2, -0.15) is 0 Å². The van der Waals surface area contributed by atoms with Gasteiger partial charge in [0.2, 0.25) is 0 Å². The van der Waals surface area contributed by atoms with Crippen LogP contribution in [0.5, 0.6) is 5.75 Å². The molecule has 1 aromatic carbocycles. The van der Waals surface area contributed by atoms with Gasteiger partial charge in [-0.3, -0.25) is 0 Å². The van der Waals surface area contributed by atoms with Gasteiger partial charge in [-0.25, -0.2) is 4.39 Å². The quantitative estimate of drug-likeness (QED) is 0.856. The molecule has 16 heavy (non-hydrogen) atoms. The van der Waals surface area contributed by atoms with Crippen LogP contribution in [0.25, 0.3) is 0 Å². The van der Waals surface area contributed by atoms with E-state index in [-0.39, 0.29) is 5.75 Å². The number of ether oxygens (including phenoxy) is 1. The third kappa shape index (κ3) is 2.25. The summed E-state index contributed by atoms with van der Waals surface area (Å²) in [4.78, 5) is 0.704. The first-order valence-corrected chi connectivity index (χ1v) is 5.97. The Morgan fingerprint density at radius 1 is 1.50 bits per heavy atom. The first-order chi connectivity index (χ1) is 7.70. The maximum atomic E-state index is 13.3. The number of hydrogen-bond acceptors (Lipinski definition) is 6. The van der Waals surface area contributed by atoms with Crippen LogP contribution in [0.4, 0.5) is 10.1 Å². The smallest absolute Gasteiger partial charge is 0.178 e. The van der Waals surface area contributed by atoms with Crippen molar-refractivity contribution in [3.05, 3.63) is 23.5 Å². The Kier molecular flexibility index (Phi) is 3.25. The van der Waals surface area contributed by atoms with Crippen LogP contribution >= 0.6 is 23.1 Å². The van der Waals surface area contributed by atoms with E-state index in [1.54, 1.807) is 11.6 Å². The molecule has 0 saturated heterocycles. The highest BCUT2D eigenvalue weighted by Crippen LogP contribution is 2.36. The minimum absolute atomic E-state index is 0.168. The number of anilines is 1. The van der Waals surface area contributed by atoms with E-state index in [4.69, 9.17) is 10.5 Å². The topological polar surface area (TPSA) is 61.0 Å². The molecule has 4 nitrogen and oxygen atoms in total. The van der Waals surface area contributed by atoms with E-state index in [0.29, 0.717) is 10.6 Å². The Hall–Kier alpha value is -1.34. The second kappa shape index (κ2) is 4.67. The van der Waals surface area contributed by atoms with E-state index in [2.05, 4.69) is 10.2 Å². The highest BCUT2D eigenvalue weighted by atomic mass is 32.2. The van der Waals surface area contributed by atoms with E-state index in [1.807, 2.05) is 0 Å². The molecule has 1 aromatic heterocycles. The van der Waals surface area contributed by atoms with Gasteiger partial charge in [-0.1, -0.05) is 23.1 Å². The van der Waals surface area contributed by atoms with Crippen molar-refractivity contribution >= 4 is 28.8 Å². The summed E-state index contributed by atoms with van der Waals surface area (Å²) < 4.78 is 18.9. The van der Waals surface area contributed by atoms with Crippen LogP contribution in [-0.2, 0) is 0 Å². The number of nitrogens with zero attached hydrogens (tertiary/aromatic N) is 2. The highest BCUT2D eigenvalue weighted by Gasteiger charge is 2.10. The average Bonchev–Trinajstić information content (AvgIpc) is 2.75. The lowest BCUT2D eigenvalue weighted by Crippen LogP contribution is -1.94. The standard InChI is InChI=1S/C9H8FN3OS2/c1-14-7-3-8(6(11)2-5(7)10)16-9-13-12-4-15-9/h2-4H,11H2,1H3. The molecule has 0 bridgehead atoms. The molecular weight excluding hydrogens is 249 g/mol. The summed E-state index contributed by atoms with van der Waals surface area (Å²) >= 11 is 2.73. The Morgan fingerprint density at radius 2 is 2.31 bits per heavy atom. The summed E-state index contributed by atoms with van der Waals surface area (Å²) in [5.74, 6) is -0.303. The van der Waals surface area contributed by atoms with E-state index in [0.717, 1.165) is 4.34 Å². The van der Waals surface area contributed by atoms with Crippen molar-refractivity contribution in [2.24, 2.45) is 0 Å². The molecule has 0 aliphatic heterocycles. The van der Waals surface area contributed by atoms with Gasteiger partial charge in [0.15, 0.2) is 15.9 Å². The van der Waals surface area contributed by atoms with Crippen LogP contribution in [0, 0.1) is 5.82 Å². The highest BCUT2D eigenvalue weighted by molar-refractivity contribution is 8.01. The summed E-state index contributed by atoms with van der Waals surface area (Å²) in [5, 5.41) is 7.58. The summed E-state index contributed by atoms with van der Waals surface area (Å²) in [6.07, 6.45) is 0. The van der Waals surface area contributed by atoms with Gasteiger partial charge in [0.1, 0.15) is 5.51 Å². The molecule has 1 heterocycles. The van der Waals surface area contributed by atoms with Crippen LogP contribution in [0.2, 0.25) is 0 Å². The summed E-state index contributed by atoms with van der Waals surface area (Å²) in [7, 11) is 1.41. The first kappa shape index (κ1) is 11.2. The number of hydrogen-bond donors (Lipinski definition) is 1. The predicted molar refractivity (Wildman–Crippen MR) is 61.4 cm³/mol. The van der Waals surface area contributed by atoms with E-state index in [9.17, 15) is 4.39 Å². The maximum Gasteiger partial charge on any atom is 0.178 e. The predicted octanol–water partition coefficient (Wildman–Crippen LogP) is 2.42. The lowest BCUT2D eigenvalue weighted by Gasteiger charge is -2.07.